The molecule has 0 aliphatic carbocycles. The van der Waals surface area contributed by atoms with Crippen LogP contribution in [0, 0.1) is 0 Å². The summed E-state index contributed by atoms with van der Waals surface area (Å²) in [6.07, 6.45) is 0. The summed E-state index contributed by atoms with van der Waals surface area (Å²) < 4.78 is 0. The number of halogens is 1. The predicted octanol–water partition coefficient (Wildman–Crippen LogP) is 3.66. The first-order chi connectivity index (χ1) is 9.19. The van der Waals surface area contributed by atoms with Gasteiger partial charge < -0.3 is 10.6 Å². The lowest BCUT2D eigenvalue weighted by atomic mass is 10.1. The Morgan fingerprint density at radius 3 is 2.79 bits per heavy atom. The van der Waals surface area contributed by atoms with Gasteiger partial charge >= 0.3 is 0 Å². The lowest BCUT2D eigenvalue weighted by Crippen LogP contribution is -2.35. The van der Waals surface area contributed by atoms with Crippen molar-refractivity contribution < 1.29 is 4.79 Å². The number of rotatable bonds is 0. The topological polar surface area (TPSA) is 41.1 Å². The molecule has 0 fully saturated rings. The molecule has 2 aliphatic heterocycles. The number of para-hydroxylation sites is 1. The van der Waals surface area contributed by atoms with Crippen molar-refractivity contribution >= 4 is 40.6 Å². The fourth-order valence-electron chi connectivity index (χ4n) is 2.51. The number of carbonyl (C=O) groups excluding carboxylic acids is 1. The maximum Gasteiger partial charge on any atom is 0.265 e. The molecule has 19 heavy (non-hydrogen) atoms. The Morgan fingerprint density at radius 2 is 1.95 bits per heavy atom. The number of anilines is 2. The zero-order valence-electron chi connectivity index (χ0n) is 9.74. The molecule has 0 radical (unpaired) electrons. The second kappa shape index (κ2) is 3.68. The third kappa shape index (κ3) is 1.44. The first kappa shape index (κ1) is 11.2. The van der Waals surface area contributed by atoms with Gasteiger partial charge in [-0.3, -0.25) is 4.79 Å². The molecule has 1 amide bonds. The van der Waals surface area contributed by atoms with Crippen molar-refractivity contribution in [3.05, 3.63) is 53.1 Å². The number of amides is 1. The van der Waals surface area contributed by atoms with Crippen LogP contribution < -0.4 is 10.6 Å². The standard InChI is InChI=1S/C14H9ClN2OS/c15-8-5-6-10-9(7-8)14(13(18)16-10)17-11-3-1-2-4-12(11)19-14/h1-7,17H,(H,16,18). The van der Waals surface area contributed by atoms with Gasteiger partial charge in [0.1, 0.15) is 0 Å². The monoisotopic (exact) mass is 288 g/mol. The van der Waals surface area contributed by atoms with E-state index in [0.29, 0.717) is 5.02 Å². The zero-order chi connectivity index (χ0) is 13.0. The molecule has 2 N–H and O–H groups in total. The Labute approximate surface area is 119 Å². The van der Waals surface area contributed by atoms with Crippen molar-refractivity contribution in [1.29, 1.82) is 0 Å². The molecule has 2 aromatic rings. The smallest absolute Gasteiger partial charge is 0.265 e. The first-order valence-corrected chi connectivity index (χ1v) is 7.06. The van der Waals surface area contributed by atoms with Gasteiger partial charge in [-0.2, -0.15) is 0 Å². The van der Waals surface area contributed by atoms with Crippen LogP contribution in [0.5, 0.6) is 0 Å². The number of fused-ring (bicyclic) bond motifs is 3. The summed E-state index contributed by atoms with van der Waals surface area (Å²) in [6.45, 7) is 0. The minimum absolute atomic E-state index is 0.0500. The molecule has 0 bridgehead atoms. The van der Waals surface area contributed by atoms with E-state index in [9.17, 15) is 4.79 Å². The molecule has 1 unspecified atom stereocenters. The Kier molecular flexibility index (Phi) is 2.17. The van der Waals surface area contributed by atoms with Gasteiger partial charge in [0.2, 0.25) is 0 Å². The van der Waals surface area contributed by atoms with Crippen LogP contribution in [-0.2, 0) is 9.67 Å². The minimum atomic E-state index is -0.788. The van der Waals surface area contributed by atoms with Crippen molar-refractivity contribution in [3.63, 3.8) is 0 Å². The Bertz CT molecular complexity index is 691. The van der Waals surface area contributed by atoms with Gasteiger partial charge in [0.05, 0.1) is 0 Å². The number of nitrogens with one attached hydrogen (secondary N) is 2. The van der Waals surface area contributed by atoms with Gasteiger partial charge in [0.15, 0.2) is 4.87 Å². The highest BCUT2D eigenvalue weighted by Gasteiger charge is 2.51. The lowest BCUT2D eigenvalue weighted by Gasteiger charge is -2.21. The number of hydrogen-bond donors (Lipinski definition) is 2. The van der Waals surface area contributed by atoms with Crippen molar-refractivity contribution in [2.75, 3.05) is 10.6 Å². The average molecular weight is 289 g/mol. The lowest BCUT2D eigenvalue weighted by molar-refractivity contribution is -0.117. The van der Waals surface area contributed by atoms with Gasteiger partial charge in [-0.05, 0) is 30.3 Å². The van der Waals surface area contributed by atoms with Crippen LogP contribution in [0.1, 0.15) is 5.56 Å². The van der Waals surface area contributed by atoms with Crippen LogP contribution in [0.4, 0.5) is 11.4 Å². The van der Waals surface area contributed by atoms with Gasteiger partial charge in [0.25, 0.3) is 5.91 Å². The van der Waals surface area contributed by atoms with E-state index in [1.165, 1.54) is 11.8 Å². The van der Waals surface area contributed by atoms with E-state index in [-0.39, 0.29) is 5.91 Å². The van der Waals surface area contributed by atoms with E-state index in [2.05, 4.69) is 10.6 Å². The molecule has 4 rings (SSSR count). The van der Waals surface area contributed by atoms with E-state index in [4.69, 9.17) is 11.6 Å². The van der Waals surface area contributed by atoms with E-state index in [1.54, 1.807) is 6.07 Å². The molecule has 0 aromatic heterocycles. The molecular weight excluding hydrogens is 280 g/mol. The van der Waals surface area contributed by atoms with Crippen LogP contribution in [0.15, 0.2) is 47.4 Å². The minimum Gasteiger partial charge on any atom is -0.358 e. The van der Waals surface area contributed by atoms with E-state index >= 15 is 0 Å². The average Bonchev–Trinajstić information content (AvgIpc) is 2.91. The summed E-state index contributed by atoms with van der Waals surface area (Å²) in [5, 5.41) is 6.88. The highest BCUT2D eigenvalue weighted by Crippen LogP contribution is 2.55. The molecule has 94 valence electrons. The first-order valence-electron chi connectivity index (χ1n) is 5.87. The highest BCUT2D eigenvalue weighted by atomic mass is 35.5. The summed E-state index contributed by atoms with van der Waals surface area (Å²) in [4.78, 5) is 12.7. The Balaban J connectivity index is 1.90. The maximum absolute atomic E-state index is 12.4. The highest BCUT2D eigenvalue weighted by molar-refractivity contribution is 8.01. The Morgan fingerprint density at radius 1 is 1.11 bits per heavy atom. The van der Waals surface area contributed by atoms with Crippen molar-refractivity contribution in [2.24, 2.45) is 0 Å². The maximum atomic E-state index is 12.4. The number of carbonyl (C=O) groups is 1. The molecule has 3 nitrogen and oxygen atoms in total. The SMILES string of the molecule is O=C1Nc2ccc(Cl)cc2C12Nc1ccccc1S2. The molecular formula is C14H9ClN2OS. The number of benzene rings is 2. The summed E-state index contributed by atoms with van der Waals surface area (Å²) >= 11 is 7.59. The van der Waals surface area contributed by atoms with Crippen molar-refractivity contribution in [2.45, 2.75) is 9.77 Å². The second-order valence-corrected chi connectivity index (χ2v) is 6.24. The van der Waals surface area contributed by atoms with Gasteiger partial charge in [0, 0.05) is 26.9 Å². The molecule has 2 aliphatic rings. The number of hydrogen-bond acceptors (Lipinski definition) is 3. The molecule has 2 aromatic carbocycles. The van der Waals surface area contributed by atoms with E-state index in [0.717, 1.165) is 21.8 Å². The van der Waals surface area contributed by atoms with Crippen LogP contribution in [-0.4, -0.2) is 5.91 Å². The van der Waals surface area contributed by atoms with E-state index < -0.39 is 4.87 Å². The molecule has 2 heterocycles. The fraction of sp³-hybridized carbons (Fsp3) is 0.0714. The van der Waals surface area contributed by atoms with Gasteiger partial charge in [-0.15, -0.1) is 0 Å². The van der Waals surface area contributed by atoms with Crippen LogP contribution in [0.2, 0.25) is 5.02 Å². The van der Waals surface area contributed by atoms with E-state index in [1.807, 2.05) is 36.4 Å². The molecule has 0 saturated carbocycles. The third-order valence-corrected chi connectivity index (χ3v) is 5.01. The molecule has 5 heteroatoms. The quantitative estimate of drug-likeness (QED) is 0.777. The van der Waals surface area contributed by atoms with Crippen molar-refractivity contribution in [1.82, 2.24) is 0 Å². The summed E-state index contributed by atoms with van der Waals surface area (Å²) in [5.41, 5.74) is 2.70. The summed E-state index contributed by atoms with van der Waals surface area (Å²) in [5.74, 6) is -0.0500. The summed E-state index contributed by atoms with van der Waals surface area (Å²) in [6, 6.07) is 13.4. The largest absolute Gasteiger partial charge is 0.358 e. The van der Waals surface area contributed by atoms with Gasteiger partial charge in [-0.25, -0.2) is 0 Å². The third-order valence-electron chi connectivity index (χ3n) is 3.39. The number of thioether (sulfide) groups is 1. The van der Waals surface area contributed by atoms with Crippen LogP contribution >= 0.6 is 23.4 Å². The second-order valence-electron chi connectivity index (χ2n) is 4.55. The molecule has 0 saturated heterocycles. The van der Waals surface area contributed by atoms with Crippen LogP contribution in [0.25, 0.3) is 0 Å². The van der Waals surface area contributed by atoms with Crippen LogP contribution in [0.3, 0.4) is 0 Å². The fourth-order valence-corrected chi connectivity index (χ4v) is 3.97. The predicted molar refractivity (Wildman–Crippen MR) is 77.7 cm³/mol. The van der Waals surface area contributed by atoms with Gasteiger partial charge in [-0.1, -0.05) is 35.5 Å². The normalized spacial score (nSPS) is 22.9. The Hall–Kier alpha value is -1.65. The molecule has 1 spiro atoms. The molecule has 1 atom stereocenters. The zero-order valence-corrected chi connectivity index (χ0v) is 11.3. The van der Waals surface area contributed by atoms with Crippen molar-refractivity contribution in [3.8, 4) is 0 Å². The summed E-state index contributed by atoms with van der Waals surface area (Å²) in [7, 11) is 0.